The molecular weight excluding hydrogens is 434 g/mol. The van der Waals surface area contributed by atoms with E-state index in [0.29, 0.717) is 12.8 Å². The minimum Gasteiger partial charge on any atom is -0.497 e. The first kappa shape index (κ1) is 23.8. The van der Waals surface area contributed by atoms with Crippen LogP contribution in [0.4, 0.5) is 5.69 Å². The number of amides is 1. The van der Waals surface area contributed by atoms with E-state index in [1.165, 1.54) is 5.19 Å². The molecule has 1 unspecified atom stereocenters. The third kappa shape index (κ3) is 4.29. The van der Waals surface area contributed by atoms with Gasteiger partial charge in [0.05, 0.1) is 21.3 Å². The molecule has 7 heteroatoms. The number of carbonyl (C=O) groups excluding carboxylic acids is 1. The van der Waals surface area contributed by atoms with Crippen molar-refractivity contribution in [1.82, 2.24) is 0 Å². The predicted octanol–water partition coefficient (Wildman–Crippen LogP) is 3.88. The summed E-state index contributed by atoms with van der Waals surface area (Å²) in [4.78, 5) is 13.8. The molecule has 1 N–H and O–H groups in total. The van der Waals surface area contributed by atoms with Gasteiger partial charge in [-0.15, -0.1) is 0 Å². The van der Waals surface area contributed by atoms with Gasteiger partial charge in [-0.2, -0.15) is 0 Å². The summed E-state index contributed by atoms with van der Waals surface area (Å²) in [6, 6.07) is 14.3. The monoisotopic (exact) mass is 469 g/mol. The summed E-state index contributed by atoms with van der Waals surface area (Å²) >= 11 is 0. The first-order chi connectivity index (χ1) is 15.8. The molecule has 2 aliphatic rings. The second kappa shape index (κ2) is 9.48. The summed E-state index contributed by atoms with van der Waals surface area (Å²) in [7, 11) is 1.37. The van der Waals surface area contributed by atoms with E-state index in [0.717, 1.165) is 29.3 Å². The smallest absolute Gasteiger partial charge is 0.228 e. The molecule has 2 aromatic rings. The van der Waals surface area contributed by atoms with Gasteiger partial charge >= 0.3 is 0 Å². The van der Waals surface area contributed by atoms with Crippen molar-refractivity contribution in [2.75, 3.05) is 32.3 Å². The van der Waals surface area contributed by atoms with Crippen LogP contribution >= 0.6 is 0 Å². The Balaban J connectivity index is 1.68. The van der Waals surface area contributed by atoms with E-state index in [-0.39, 0.29) is 36.2 Å². The van der Waals surface area contributed by atoms with E-state index in [1.807, 2.05) is 30.3 Å². The molecule has 4 rings (SSSR count). The molecule has 178 valence electrons. The first-order valence-electron chi connectivity index (χ1n) is 11.7. The highest BCUT2D eigenvalue weighted by atomic mass is 28.3. The summed E-state index contributed by atoms with van der Waals surface area (Å²) in [6.07, 6.45) is 1.05. The molecule has 0 spiro atoms. The highest BCUT2D eigenvalue weighted by Gasteiger charge is 2.47. The van der Waals surface area contributed by atoms with Gasteiger partial charge in [0, 0.05) is 43.9 Å². The lowest BCUT2D eigenvalue weighted by molar-refractivity contribution is -0.122. The molecule has 4 atom stereocenters. The van der Waals surface area contributed by atoms with Crippen molar-refractivity contribution < 1.29 is 24.1 Å². The van der Waals surface area contributed by atoms with E-state index >= 15 is 0 Å². The Bertz CT molecular complexity index is 993. The summed E-state index contributed by atoms with van der Waals surface area (Å²) in [6.45, 7) is 7.74. The molecule has 0 saturated carbocycles. The average Bonchev–Trinajstić information content (AvgIpc) is 2.81. The molecule has 2 aliphatic heterocycles. The Morgan fingerprint density at radius 2 is 1.91 bits per heavy atom. The van der Waals surface area contributed by atoms with E-state index in [9.17, 15) is 9.90 Å². The SMILES string of the molecule is COc1ccc([Si](C)(C)C(CCO)[C@H]2Oc3ccc(N4CCC4=O)cc3[C@@H](OC)[C@@H]2C)cc1. The number of ether oxygens (including phenoxy) is 3. The van der Waals surface area contributed by atoms with Crippen LogP contribution in [0.5, 0.6) is 11.5 Å². The van der Waals surface area contributed by atoms with Crippen LogP contribution in [-0.2, 0) is 9.53 Å². The Morgan fingerprint density at radius 3 is 2.45 bits per heavy atom. The van der Waals surface area contributed by atoms with Crippen molar-refractivity contribution in [3.63, 3.8) is 0 Å². The summed E-state index contributed by atoms with van der Waals surface area (Å²) in [5, 5.41) is 11.3. The van der Waals surface area contributed by atoms with Crippen LogP contribution < -0.4 is 19.6 Å². The van der Waals surface area contributed by atoms with Gasteiger partial charge in [-0.25, -0.2) is 0 Å². The molecule has 33 heavy (non-hydrogen) atoms. The average molecular weight is 470 g/mol. The lowest BCUT2D eigenvalue weighted by atomic mass is 9.86. The van der Waals surface area contributed by atoms with Gasteiger partial charge in [0.1, 0.15) is 17.6 Å². The second-order valence-corrected chi connectivity index (χ2v) is 14.4. The van der Waals surface area contributed by atoms with Crippen molar-refractivity contribution in [3.05, 3.63) is 48.0 Å². The molecule has 6 nitrogen and oxygen atoms in total. The number of fused-ring (bicyclic) bond motifs is 1. The third-order valence-corrected chi connectivity index (χ3v) is 11.9. The fraction of sp³-hybridized carbons (Fsp3) is 0.500. The number of hydrogen-bond donors (Lipinski definition) is 1. The number of methoxy groups -OCH3 is 2. The minimum atomic E-state index is -2.04. The van der Waals surface area contributed by atoms with Gasteiger partial charge in [0.15, 0.2) is 0 Å². The number of hydrogen-bond acceptors (Lipinski definition) is 5. The highest BCUT2D eigenvalue weighted by Crippen LogP contribution is 2.48. The molecule has 0 aliphatic carbocycles. The maximum atomic E-state index is 11.9. The number of benzene rings is 2. The van der Waals surface area contributed by atoms with E-state index in [4.69, 9.17) is 14.2 Å². The highest BCUT2D eigenvalue weighted by molar-refractivity contribution is 6.91. The summed E-state index contributed by atoms with van der Waals surface area (Å²) < 4.78 is 18.0. The first-order valence-corrected chi connectivity index (χ1v) is 14.8. The van der Waals surface area contributed by atoms with Crippen molar-refractivity contribution >= 4 is 24.9 Å². The maximum Gasteiger partial charge on any atom is 0.228 e. The molecule has 0 aromatic heterocycles. The van der Waals surface area contributed by atoms with Crippen molar-refractivity contribution in [1.29, 1.82) is 0 Å². The van der Waals surface area contributed by atoms with Gasteiger partial charge < -0.3 is 24.2 Å². The molecule has 1 saturated heterocycles. The number of aliphatic hydroxyl groups excluding tert-OH is 1. The van der Waals surface area contributed by atoms with E-state index < -0.39 is 8.07 Å². The molecule has 2 aromatic carbocycles. The van der Waals surface area contributed by atoms with Crippen LogP contribution in [0.15, 0.2) is 42.5 Å². The van der Waals surface area contributed by atoms with E-state index in [1.54, 1.807) is 19.1 Å². The third-order valence-electron chi connectivity index (χ3n) is 7.57. The normalized spacial score (nSPS) is 23.4. The number of nitrogens with zero attached hydrogens (tertiary/aromatic N) is 1. The maximum absolute atomic E-state index is 11.9. The van der Waals surface area contributed by atoms with Crippen molar-refractivity contribution in [3.8, 4) is 11.5 Å². The number of rotatable bonds is 8. The standard InChI is InChI=1S/C26H35NO5Si/c1-17-25(31-3)21-16-18(27-14-12-24(27)29)6-11-22(21)32-26(17)23(13-15-28)33(4,5)20-9-7-19(30-2)8-10-20/h6-11,16-17,23,25-26,28H,12-15H2,1-5H3/t17-,23?,25-,26-/m0/s1. The van der Waals surface area contributed by atoms with Crippen molar-refractivity contribution in [2.24, 2.45) is 5.92 Å². The van der Waals surface area contributed by atoms with Gasteiger partial charge in [-0.3, -0.25) is 4.79 Å². The largest absolute Gasteiger partial charge is 0.497 e. The van der Waals surface area contributed by atoms with Gasteiger partial charge in [0.25, 0.3) is 0 Å². The lowest BCUT2D eigenvalue weighted by Gasteiger charge is -2.46. The fourth-order valence-corrected chi connectivity index (χ4v) is 8.93. The Labute approximate surface area is 197 Å². The second-order valence-electron chi connectivity index (χ2n) is 9.68. The minimum absolute atomic E-state index is 0.0881. The van der Waals surface area contributed by atoms with Crippen LogP contribution in [0.25, 0.3) is 0 Å². The van der Waals surface area contributed by atoms with Crippen LogP contribution in [-0.4, -0.2) is 52.6 Å². The quantitative estimate of drug-likeness (QED) is 0.469. The Kier molecular flexibility index (Phi) is 6.84. The molecule has 0 bridgehead atoms. The van der Waals surface area contributed by atoms with Crippen LogP contribution in [0.1, 0.15) is 31.4 Å². The molecular formula is C26H35NO5Si. The Hall–Kier alpha value is -2.35. The molecule has 2 heterocycles. The summed E-state index contributed by atoms with van der Waals surface area (Å²) in [5.74, 6) is 1.90. The van der Waals surface area contributed by atoms with E-state index in [2.05, 4.69) is 32.2 Å². The number of β-lactam (4-membered cyclic amide) rings is 1. The van der Waals surface area contributed by atoms with Crippen LogP contribution in [0.3, 0.4) is 0 Å². The summed E-state index contributed by atoms with van der Waals surface area (Å²) in [5.41, 5.74) is 2.08. The Morgan fingerprint density at radius 1 is 1.18 bits per heavy atom. The number of anilines is 1. The fourth-order valence-electron chi connectivity index (χ4n) is 5.43. The van der Waals surface area contributed by atoms with Crippen molar-refractivity contribution in [2.45, 2.75) is 50.6 Å². The predicted molar refractivity (Wildman–Crippen MR) is 132 cm³/mol. The molecule has 1 fully saturated rings. The van der Waals surface area contributed by atoms with Gasteiger partial charge in [-0.05, 0) is 42.3 Å². The molecule has 0 radical (unpaired) electrons. The number of carbonyl (C=O) groups is 1. The zero-order chi connectivity index (χ0) is 23.8. The molecule has 1 amide bonds. The zero-order valence-corrected chi connectivity index (χ0v) is 21.2. The topological polar surface area (TPSA) is 68.2 Å². The van der Waals surface area contributed by atoms with Gasteiger partial charge in [0.2, 0.25) is 5.91 Å². The number of aliphatic hydroxyl groups is 1. The lowest BCUT2D eigenvalue weighted by Crippen LogP contribution is -2.54. The zero-order valence-electron chi connectivity index (χ0n) is 20.2. The van der Waals surface area contributed by atoms with Crippen LogP contribution in [0, 0.1) is 5.92 Å². The van der Waals surface area contributed by atoms with Crippen LogP contribution in [0.2, 0.25) is 18.6 Å². The van der Waals surface area contributed by atoms with Gasteiger partial charge in [-0.1, -0.05) is 37.3 Å².